The minimum atomic E-state index is -4.39. The minimum absolute atomic E-state index is 0.0883. The zero-order valence-electron chi connectivity index (χ0n) is 22.5. The van der Waals surface area contributed by atoms with Gasteiger partial charge in [-0.05, 0) is 37.3 Å². The van der Waals surface area contributed by atoms with Gasteiger partial charge in [0, 0.05) is 19.3 Å². The van der Waals surface area contributed by atoms with Gasteiger partial charge >= 0.3 is 6.18 Å². The lowest BCUT2D eigenvalue weighted by Gasteiger charge is -2.22. The summed E-state index contributed by atoms with van der Waals surface area (Å²) in [6.45, 7) is 5.49. The van der Waals surface area contributed by atoms with Crippen molar-refractivity contribution in [1.29, 1.82) is 0 Å². The van der Waals surface area contributed by atoms with E-state index in [2.05, 4.69) is 25.9 Å². The largest absolute Gasteiger partial charge is 0.389 e. The van der Waals surface area contributed by atoms with Crippen molar-refractivity contribution in [2.45, 2.75) is 90.4 Å². The average Bonchev–Trinajstić information content (AvgIpc) is 3.49. The summed E-state index contributed by atoms with van der Waals surface area (Å²) in [4.78, 5) is 28.6. The van der Waals surface area contributed by atoms with E-state index in [1.165, 1.54) is 17.0 Å². The van der Waals surface area contributed by atoms with Gasteiger partial charge in [-0.2, -0.15) is 18.3 Å². The molecule has 0 radical (unpaired) electrons. The highest BCUT2D eigenvalue weighted by molar-refractivity contribution is 5.94. The number of imidazole rings is 1. The van der Waals surface area contributed by atoms with E-state index in [1.54, 1.807) is 19.2 Å². The van der Waals surface area contributed by atoms with Crippen molar-refractivity contribution in [3.05, 3.63) is 47.2 Å². The van der Waals surface area contributed by atoms with Gasteiger partial charge in [0.15, 0.2) is 5.65 Å². The van der Waals surface area contributed by atoms with Crippen LogP contribution in [0.1, 0.15) is 92.1 Å². The lowest BCUT2D eigenvalue weighted by atomic mass is 9.97. The first-order chi connectivity index (χ1) is 18.7. The van der Waals surface area contributed by atoms with E-state index in [0.717, 1.165) is 6.42 Å². The van der Waals surface area contributed by atoms with Crippen LogP contribution in [0.25, 0.3) is 5.65 Å². The summed E-state index contributed by atoms with van der Waals surface area (Å²) in [6.07, 6.45) is 0.900. The Balaban J connectivity index is 0.000000472. The van der Waals surface area contributed by atoms with Crippen LogP contribution in [0.5, 0.6) is 0 Å². The number of alkyl halides is 5. The Morgan fingerprint density at radius 3 is 2.42 bits per heavy atom. The molecule has 2 N–H and O–H groups in total. The highest BCUT2D eigenvalue weighted by Crippen LogP contribution is 2.32. The van der Waals surface area contributed by atoms with Crippen molar-refractivity contribution in [2.75, 3.05) is 0 Å². The first-order valence-corrected chi connectivity index (χ1v) is 13.0. The third-order valence-electron chi connectivity index (χ3n) is 6.38. The molecule has 0 aromatic carbocycles. The Labute approximate surface area is 227 Å². The number of hydrogen-bond acceptors (Lipinski definition) is 6. The number of aromatic nitrogens is 4. The molecule has 1 unspecified atom stereocenters. The molecule has 0 aliphatic heterocycles. The molecule has 2 amide bonds. The van der Waals surface area contributed by atoms with Crippen LogP contribution in [0.4, 0.5) is 22.0 Å². The highest BCUT2D eigenvalue weighted by Gasteiger charge is 2.30. The van der Waals surface area contributed by atoms with Gasteiger partial charge in [0.25, 0.3) is 5.91 Å². The van der Waals surface area contributed by atoms with Crippen molar-refractivity contribution in [1.82, 2.24) is 30.4 Å². The van der Waals surface area contributed by atoms with Gasteiger partial charge in [-0.25, -0.2) is 18.3 Å². The zero-order valence-corrected chi connectivity index (χ0v) is 22.5. The molecule has 1 saturated carbocycles. The Kier molecular flexibility index (Phi) is 10.2. The molecule has 0 saturated heterocycles. The number of fused-ring (bicyclic) bond motifs is 1. The van der Waals surface area contributed by atoms with E-state index >= 15 is 0 Å². The molecule has 3 aromatic rings. The zero-order chi connectivity index (χ0) is 29.5. The molecule has 3 heterocycles. The Morgan fingerprint density at radius 1 is 1.18 bits per heavy atom. The summed E-state index contributed by atoms with van der Waals surface area (Å²) in [5, 5.41) is 13.3. The van der Waals surface area contributed by atoms with E-state index in [0.29, 0.717) is 41.0 Å². The molecule has 0 bridgehead atoms. The van der Waals surface area contributed by atoms with Crippen LogP contribution in [-0.2, 0) is 11.3 Å². The maximum atomic E-state index is 12.4. The number of nitrogens with one attached hydrogen (secondary N) is 2. The fraction of sp³-hybridized carbons (Fsp3) is 0.577. The topological polar surface area (TPSA) is 114 Å². The van der Waals surface area contributed by atoms with E-state index in [9.17, 15) is 31.5 Å². The quantitative estimate of drug-likeness (QED) is 0.335. The number of amides is 2. The third-order valence-corrected chi connectivity index (χ3v) is 6.38. The summed E-state index contributed by atoms with van der Waals surface area (Å²) in [5.74, 6) is -3.44. The van der Waals surface area contributed by atoms with Crippen LogP contribution in [0.15, 0.2) is 29.2 Å². The molecule has 1 atom stereocenters. The van der Waals surface area contributed by atoms with Gasteiger partial charge < -0.3 is 15.2 Å². The molecule has 1 fully saturated rings. The van der Waals surface area contributed by atoms with Crippen molar-refractivity contribution in [2.24, 2.45) is 5.92 Å². The smallest absolute Gasteiger partial charge is 0.364 e. The molecule has 1 aliphatic rings. The molecular formula is C26H33F5N6O3. The second kappa shape index (κ2) is 13.2. The normalized spacial score (nSPS) is 15.8. The molecule has 40 heavy (non-hydrogen) atoms. The van der Waals surface area contributed by atoms with E-state index in [1.807, 2.05) is 13.8 Å². The number of carbonyl (C=O) groups excluding carboxylic acids is 2. The SMILES string of the molecule is Cc1nocc1C(=O)NCc1cn2ncc(C(NC(=O)CCC(F)(F)F)C(C)C)cc2n1.FC1(F)CCCCC1. The van der Waals surface area contributed by atoms with Gasteiger partial charge in [-0.3, -0.25) is 9.59 Å². The fourth-order valence-electron chi connectivity index (χ4n) is 4.18. The lowest BCUT2D eigenvalue weighted by molar-refractivity contribution is -0.144. The van der Waals surface area contributed by atoms with Crippen molar-refractivity contribution < 1.29 is 36.1 Å². The van der Waals surface area contributed by atoms with Gasteiger partial charge in [-0.1, -0.05) is 25.4 Å². The second-order valence-electron chi connectivity index (χ2n) is 10.1. The van der Waals surface area contributed by atoms with Gasteiger partial charge in [-0.15, -0.1) is 0 Å². The molecule has 4 rings (SSSR count). The summed E-state index contributed by atoms with van der Waals surface area (Å²) < 4.78 is 67.8. The highest BCUT2D eigenvalue weighted by atomic mass is 19.4. The Hall–Kier alpha value is -3.58. The Morgan fingerprint density at radius 2 is 1.88 bits per heavy atom. The summed E-state index contributed by atoms with van der Waals surface area (Å²) >= 11 is 0. The van der Waals surface area contributed by atoms with Crippen LogP contribution < -0.4 is 10.6 Å². The van der Waals surface area contributed by atoms with Crippen LogP contribution >= 0.6 is 0 Å². The third kappa shape index (κ3) is 9.26. The van der Waals surface area contributed by atoms with Gasteiger partial charge in [0.05, 0.1) is 42.8 Å². The van der Waals surface area contributed by atoms with Crippen molar-refractivity contribution in [3.63, 3.8) is 0 Å². The number of aryl methyl sites for hydroxylation is 1. The maximum absolute atomic E-state index is 12.4. The molecule has 0 spiro atoms. The monoisotopic (exact) mass is 572 g/mol. The molecule has 9 nitrogen and oxygen atoms in total. The lowest BCUT2D eigenvalue weighted by Crippen LogP contribution is -2.32. The van der Waals surface area contributed by atoms with Gasteiger partial charge in [0.2, 0.25) is 11.8 Å². The number of carbonyl (C=O) groups is 2. The van der Waals surface area contributed by atoms with Crippen LogP contribution in [0.2, 0.25) is 0 Å². The maximum Gasteiger partial charge on any atom is 0.389 e. The molecule has 3 aromatic heterocycles. The van der Waals surface area contributed by atoms with Crippen molar-refractivity contribution in [3.8, 4) is 0 Å². The van der Waals surface area contributed by atoms with Crippen molar-refractivity contribution >= 4 is 17.5 Å². The molecular weight excluding hydrogens is 539 g/mol. The second-order valence-corrected chi connectivity index (χ2v) is 10.1. The molecule has 220 valence electrons. The number of hydrogen-bond donors (Lipinski definition) is 2. The molecule has 1 aliphatic carbocycles. The predicted molar refractivity (Wildman–Crippen MR) is 134 cm³/mol. The number of rotatable bonds is 8. The van der Waals surface area contributed by atoms with Crippen LogP contribution in [0, 0.1) is 12.8 Å². The van der Waals surface area contributed by atoms with E-state index < -0.39 is 36.9 Å². The van der Waals surface area contributed by atoms with Gasteiger partial charge in [0.1, 0.15) is 11.8 Å². The van der Waals surface area contributed by atoms with Crippen LogP contribution in [0.3, 0.4) is 0 Å². The van der Waals surface area contributed by atoms with Crippen LogP contribution in [-0.4, -0.2) is 43.7 Å². The minimum Gasteiger partial charge on any atom is -0.364 e. The summed E-state index contributed by atoms with van der Waals surface area (Å²) in [5.41, 5.74) is 2.45. The van der Waals surface area contributed by atoms with E-state index in [-0.39, 0.29) is 31.2 Å². The standard InChI is InChI=1S/C20H23F3N6O3.C6H10F2/c1-11(2)18(27-17(30)4-5-20(21,22)23)13-6-16-26-14(9-29(16)25-7-13)8-24-19(31)15-10-32-28-12(15)3;7-6(8)4-2-1-3-5-6/h6-7,9-11,18H,4-5,8H2,1-3H3,(H,24,31)(H,27,30);1-5H2. The fourth-order valence-corrected chi connectivity index (χ4v) is 4.18. The number of halogens is 5. The average molecular weight is 573 g/mol. The van der Waals surface area contributed by atoms with E-state index in [4.69, 9.17) is 4.52 Å². The molecule has 14 heteroatoms. The summed E-state index contributed by atoms with van der Waals surface area (Å²) in [7, 11) is 0. The first-order valence-electron chi connectivity index (χ1n) is 13.0. The summed E-state index contributed by atoms with van der Waals surface area (Å²) in [6, 6.07) is 1.18. The Bertz CT molecular complexity index is 1280. The predicted octanol–water partition coefficient (Wildman–Crippen LogP) is 5.70. The number of nitrogens with zero attached hydrogens (tertiary/aromatic N) is 4. The first kappa shape index (κ1) is 31.0.